The monoisotopic (exact) mass is 265 g/mol. The topological polar surface area (TPSA) is 37.8 Å². The van der Waals surface area contributed by atoms with Crippen molar-refractivity contribution in [1.29, 1.82) is 0 Å². The number of hydrogen-bond acceptors (Lipinski definition) is 4. The van der Waals surface area contributed by atoms with Crippen molar-refractivity contribution in [3.05, 3.63) is 47.4 Å². The summed E-state index contributed by atoms with van der Waals surface area (Å²) in [6.45, 7) is 0. The van der Waals surface area contributed by atoms with Gasteiger partial charge in [0, 0.05) is 18.1 Å². The maximum absolute atomic E-state index is 6.08. The predicted octanol–water partition coefficient (Wildman–Crippen LogP) is 3.46. The molecule has 0 aliphatic carbocycles. The Labute approximate surface area is 110 Å². The summed E-state index contributed by atoms with van der Waals surface area (Å²) in [4.78, 5) is 9.62. The largest absolute Gasteiger partial charge is 0.373 e. The summed E-state index contributed by atoms with van der Waals surface area (Å²) < 4.78 is 0. The third-order valence-electron chi connectivity index (χ3n) is 2.16. The standard InChI is InChI=1S/C12H12ClN3S/c1-14-11-6-7-15-12(16-11)8-17-10-5-3-2-4-9(10)13/h2-7H,8H2,1H3,(H,14,15,16). The van der Waals surface area contributed by atoms with E-state index in [1.54, 1.807) is 18.0 Å². The molecule has 0 bridgehead atoms. The van der Waals surface area contributed by atoms with Crippen LogP contribution in [0.3, 0.4) is 0 Å². The van der Waals surface area contributed by atoms with Crippen molar-refractivity contribution >= 4 is 29.2 Å². The van der Waals surface area contributed by atoms with Crippen LogP contribution in [-0.2, 0) is 5.75 Å². The molecule has 17 heavy (non-hydrogen) atoms. The summed E-state index contributed by atoms with van der Waals surface area (Å²) in [5.41, 5.74) is 0. The van der Waals surface area contributed by atoms with Gasteiger partial charge in [-0.3, -0.25) is 0 Å². The fourth-order valence-corrected chi connectivity index (χ4v) is 2.42. The molecule has 1 N–H and O–H groups in total. The molecule has 2 aromatic rings. The molecule has 3 nitrogen and oxygen atoms in total. The average Bonchev–Trinajstić information content (AvgIpc) is 2.38. The molecule has 1 aromatic heterocycles. The molecule has 0 unspecified atom stereocenters. The van der Waals surface area contributed by atoms with E-state index >= 15 is 0 Å². The first-order valence-electron chi connectivity index (χ1n) is 5.16. The lowest BCUT2D eigenvalue weighted by atomic mass is 10.4. The van der Waals surface area contributed by atoms with Crippen LogP contribution in [0.1, 0.15) is 5.82 Å². The number of hydrogen-bond donors (Lipinski definition) is 1. The second-order valence-corrected chi connectivity index (χ2v) is 4.75. The fraction of sp³-hybridized carbons (Fsp3) is 0.167. The van der Waals surface area contributed by atoms with Gasteiger partial charge in [0.25, 0.3) is 0 Å². The Morgan fingerprint density at radius 3 is 2.88 bits per heavy atom. The maximum Gasteiger partial charge on any atom is 0.140 e. The lowest BCUT2D eigenvalue weighted by molar-refractivity contribution is 1.03. The van der Waals surface area contributed by atoms with E-state index in [9.17, 15) is 0 Å². The van der Waals surface area contributed by atoms with Gasteiger partial charge in [-0.05, 0) is 18.2 Å². The molecule has 0 atom stereocenters. The minimum Gasteiger partial charge on any atom is -0.373 e. The molecule has 5 heteroatoms. The van der Waals surface area contributed by atoms with Gasteiger partial charge in [-0.15, -0.1) is 11.8 Å². The molecule has 0 saturated carbocycles. The van der Waals surface area contributed by atoms with Crippen LogP contribution in [-0.4, -0.2) is 17.0 Å². The van der Waals surface area contributed by atoms with Gasteiger partial charge in [0.1, 0.15) is 11.6 Å². The molecule has 2 rings (SSSR count). The van der Waals surface area contributed by atoms with Crippen LogP contribution in [0.4, 0.5) is 5.82 Å². The first kappa shape index (κ1) is 12.2. The van der Waals surface area contributed by atoms with E-state index in [-0.39, 0.29) is 0 Å². The molecule has 0 amide bonds. The van der Waals surface area contributed by atoms with Crippen LogP contribution in [0, 0.1) is 0 Å². The van der Waals surface area contributed by atoms with E-state index in [4.69, 9.17) is 11.6 Å². The zero-order valence-corrected chi connectivity index (χ0v) is 10.9. The molecule has 0 fully saturated rings. The number of halogens is 1. The number of nitrogens with one attached hydrogen (secondary N) is 1. The third kappa shape index (κ3) is 3.35. The molecular weight excluding hydrogens is 254 g/mol. The lowest BCUT2D eigenvalue weighted by Crippen LogP contribution is -1.97. The van der Waals surface area contributed by atoms with Gasteiger partial charge in [0.15, 0.2) is 0 Å². The fourth-order valence-electron chi connectivity index (χ4n) is 1.31. The van der Waals surface area contributed by atoms with Crippen molar-refractivity contribution in [3.8, 4) is 0 Å². The van der Waals surface area contributed by atoms with Crippen molar-refractivity contribution < 1.29 is 0 Å². The van der Waals surface area contributed by atoms with Crippen LogP contribution in [0.2, 0.25) is 5.02 Å². The molecule has 0 aliphatic rings. The summed E-state index contributed by atoms with van der Waals surface area (Å²) in [6.07, 6.45) is 1.75. The molecule has 0 saturated heterocycles. The SMILES string of the molecule is CNc1ccnc(CSc2ccccc2Cl)n1. The van der Waals surface area contributed by atoms with Gasteiger partial charge in [-0.25, -0.2) is 9.97 Å². The van der Waals surface area contributed by atoms with Crippen molar-refractivity contribution in [1.82, 2.24) is 9.97 Å². The number of anilines is 1. The van der Waals surface area contributed by atoms with E-state index in [0.29, 0.717) is 5.75 Å². The third-order valence-corrected chi connectivity index (χ3v) is 3.67. The number of thioether (sulfide) groups is 1. The number of rotatable bonds is 4. The maximum atomic E-state index is 6.08. The highest BCUT2D eigenvalue weighted by Crippen LogP contribution is 2.28. The van der Waals surface area contributed by atoms with Crippen LogP contribution >= 0.6 is 23.4 Å². The minimum atomic E-state index is 0.708. The van der Waals surface area contributed by atoms with Crippen LogP contribution in [0.5, 0.6) is 0 Å². The summed E-state index contributed by atoms with van der Waals surface area (Å²) in [5.74, 6) is 2.33. The van der Waals surface area contributed by atoms with E-state index in [2.05, 4.69) is 15.3 Å². The summed E-state index contributed by atoms with van der Waals surface area (Å²) in [5, 5.41) is 3.76. The van der Waals surface area contributed by atoms with Gasteiger partial charge >= 0.3 is 0 Å². The van der Waals surface area contributed by atoms with Crippen LogP contribution in [0.15, 0.2) is 41.4 Å². The smallest absolute Gasteiger partial charge is 0.140 e. The Kier molecular flexibility index (Phi) is 4.23. The number of aromatic nitrogens is 2. The normalized spacial score (nSPS) is 10.2. The number of benzene rings is 1. The van der Waals surface area contributed by atoms with Gasteiger partial charge in [0.05, 0.1) is 10.8 Å². The summed E-state index contributed by atoms with van der Waals surface area (Å²) >= 11 is 7.71. The number of nitrogens with zero attached hydrogens (tertiary/aromatic N) is 2. The Balaban J connectivity index is 2.05. The lowest BCUT2D eigenvalue weighted by Gasteiger charge is -2.04. The van der Waals surface area contributed by atoms with Crippen molar-refractivity contribution in [2.24, 2.45) is 0 Å². The summed E-state index contributed by atoms with van der Waals surface area (Å²) in [7, 11) is 1.84. The quantitative estimate of drug-likeness (QED) is 0.859. The van der Waals surface area contributed by atoms with Crippen LogP contribution in [0.25, 0.3) is 0 Å². The molecule has 0 spiro atoms. The zero-order valence-electron chi connectivity index (χ0n) is 9.35. The van der Waals surface area contributed by atoms with E-state index < -0.39 is 0 Å². The highest BCUT2D eigenvalue weighted by atomic mass is 35.5. The van der Waals surface area contributed by atoms with Gasteiger partial charge in [0.2, 0.25) is 0 Å². The average molecular weight is 266 g/mol. The van der Waals surface area contributed by atoms with Gasteiger partial charge in [-0.1, -0.05) is 23.7 Å². The first-order chi connectivity index (χ1) is 8.29. The molecule has 1 aromatic carbocycles. The highest BCUT2D eigenvalue weighted by Gasteiger charge is 2.03. The zero-order chi connectivity index (χ0) is 12.1. The van der Waals surface area contributed by atoms with Gasteiger partial charge in [-0.2, -0.15) is 0 Å². The first-order valence-corrected chi connectivity index (χ1v) is 6.53. The molecular formula is C12H12ClN3S. The second kappa shape index (κ2) is 5.89. The van der Waals surface area contributed by atoms with Crippen LogP contribution < -0.4 is 5.32 Å². The Hall–Kier alpha value is -1.26. The van der Waals surface area contributed by atoms with E-state index in [1.165, 1.54) is 0 Å². The van der Waals surface area contributed by atoms with Crippen molar-refractivity contribution in [2.75, 3.05) is 12.4 Å². The summed E-state index contributed by atoms with van der Waals surface area (Å²) in [6, 6.07) is 9.61. The molecule has 0 radical (unpaired) electrons. The highest BCUT2D eigenvalue weighted by molar-refractivity contribution is 7.98. The molecule has 1 heterocycles. The van der Waals surface area contributed by atoms with Crippen molar-refractivity contribution in [3.63, 3.8) is 0 Å². The van der Waals surface area contributed by atoms with Gasteiger partial charge < -0.3 is 5.32 Å². The Morgan fingerprint density at radius 1 is 1.29 bits per heavy atom. The predicted molar refractivity (Wildman–Crippen MR) is 72.6 cm³/mol. The Bertz CT molecular complexity index is 505. The van der Waals surface area contributed by atoms with E-state index in [0.717, 1.165) is 21.6 Å². The van der Waals surface area contributed by atoms with E-state index in [1.807, 2.05) is 37.4 Å². The molecule has 0 aliphatic heterocycles. The minimum absolute atomic E-state index is 0.708. The van der Waals surface area contributed by atoms with Crippen molar-refractivity contribution in [2.45, 2.75) is 10.6 Å². The second-order valence-electron chi connectivity index (χ2n) is 3.33. The Morgan fingerprint density at radius 2 is 2.12 bits per heavy atom. The molecule has 88 valence electrons.